The van der Waals surface area contributed by atoms with Gasteiger partial charge in [-0.05, 0) is 53.8 Å². The molecule has 0 spiro atoms. The van der Waals surface area contributed by atoms with Gasteiger partial charge in [0.15, 0.2) is 0 Å². The second-order valence-corrected chi connectivity index (χ2v) is 7.30. The zero-order chi connectivity index (χ0) is 17.3. The Kier molecular flexibility index (Phi) is 5.50. The summed E-state index contributed by atoms with van der Waals surface area (Å²) in [5, 5.41) is 0. The number of hydrogen-bond acceptors (Lipinski definition) is 3. The lowest BCUT2D eigenvalue weighted by Gasteiger charge is -2.47. The fourth-order valence-corrected chi connectivity index (χ4v) is 4.22. The zero-order valence-electron chi connectivity index (χ0n) is 14.1. The molecule has 1 amide bonds. The molecule has 2 fully saturated rings. The summed E-state index contributed by atoms with van der Waals surface area (Å²) in [4.78, 5) is 16.8. The first-order valence-corrected chi connectivity index (χ1v) is 9.27. The van der Waals surface area contributed by atoms with Crippen molar-refractivity contribution in [3.8, 4) is 5.75 Å². The summed E-state index contributed by atoms with van der Waals surface area (Å²) in [6.07, 6.45) is 3.32. The summed E-state index contributed by atoms with van der Waals surface area (Å²) in [5.74, 6) is 0.622. The molecule has 0 saturated carbocycles. The van der Waals surface area contributed by atoms with E-state index < -0.39 is 0 Å². The van der Waals surface area contributed by atoms with Crippen LogP contribution in [0, 0.1) is 11.7 Å². The van der Waals surface area contributed by atoms with Crippen LogP contribution in [0.4, 0.5) is 10.1 Å². The molecule has 2 unspecified atom stereocenters. The third-order valence-electron chi connectivity index (χ3n) is 4.98. The van der Waals surface area contributed by atoms with E-state index in [0.717, 1.165) is 32.3 Å². The lowest BCUT2D eigenvalue weighted by atomic mass is 9.77. The van der Waals surface area contributed by atoms with Crippen LogP contribution >= 0.6 is 15.9 Å². The standard InChI is InChI=1S/C17H22BBrFN2O2/c1-3-18-21-7-6-14-11(10-21)4-5-17(23)22(14)15-9-13(20)12(19)8-16(15)24-2/h8-9,11,14H,3-7,10H2,1-2H3. The van der Waals surface area contributed by atoms with E-state index in [1.165, 1.54) is 6.07 Å². The first-order valence-electron chi connectivity index (χ1n) is 8.47. The number of carbonyl (C=O) groups excluding carboxylic acids is 1. The third-order valence-corrected chi connectivity index (χ3v) is 5.58. The number of hydrogen-bond donors (Lipinski definition) is 0. The Morgan fingerprint density at radius 1 is 1.42 bits per heavy atom. The van der Waals surface area contributed by atoms with Crippen molar-refractivity contribution < 1.29 is 13.9 Å². The number of fused-ring (bicyclic) bond motifs is 1. The minimum Gasteiger partial charge on any atom is -0.495 e. The van der Waals surface area contributed by atoms with Crippen LogP contribution in [0.25, 0.3) is 0 Å². The SMILES string of the molecule is CC[B]N1CCC2C(CCC(=O)N2c2cc(F)c(Br)cc2OC)C1. The van der Waals surface area contributed by atoms with Gasteiger partial charge in [-0.2, -0.15) is 0 Å². The van der Waals surface area contributed by atoms with Crippen molar-refractivity contribution in [3.63, 3.8) is 0 Å². The minimum absolute atomic E-state index is 0.0594. The molecule has 0 bridgehead atoms. The fourth-order valence-electron chi connectivity index (χ4n) is 3.89. The van der Waals surface area contributed by atoms with Crippen molar-refractivity contribution >= 4 is 34.9 Å². The van der Waals surface area contributed by atoms with Crippen molar-refractivity contribution in [1.82, 2.24) is 4.81 Å². The van der Waals surface area contributed by atoms with Crippen LogP contribution in [0.3, 0.4) is 0 Å². The van der Waals surface area contributed by atoms with E-state index in [2.05, 4.69) is 35.1 Å². The predicted octanol–water partition coefficient (Wildman–Crippen LogP) is 3.47. The Hall–Kier alpha value is -1.08. The molecular weight excluding hydrogens is 374 g/mol. The van der Waals surface area contributed by atoms with Crippen molar-refractivity contribution in [2.45, 2.75) is 38.5 Å². The van der Waals surface area contributed by atoms with E-state index in [9.17, 15) is 9.18 Å². The van der Waals surface area contributed by atoms with E-state index >= 15 is 0 Å². The number of anilines is 1. The van der Waals surface area contributed by atoms with Gasteiger partial charge in [0.2, 0.25) is 13.3 Å². The van der Waals surface area contributed by atoms with Gasteiger partial charge in [0.1, 0.15) is 11.6 Å². The van der Waals surface area contributed by atoms with Crippen LogP contribution in [0.15, 0.2) is 16.6 Å². The number of ether oxygens (including phenoxy) is 1. The zero-order valence-corrected chi connectivity index (χ0v) is 15.7. The minimum atomic E-state index is -0.377. The summed E-state index contributed by atoms with van der Waals surface area (Å²) in [6, 6.07) is 3.12. The molecule has 0 aromatic heterocycles. The molecule has 3 rings (SSSR count). The molecule has 1 radical (unpaired) electrons. The van der Waals surface area contributed by atoms with Crippen LogP contribution in [-0.4, -0.2) is 44.4 Å². The molecule has 1 aromatic carbocycles. The molecule has 0 N–H and O–H groups in total. The molecule has 4 nitrogen and oxygen atoms in total. The Morgan fingerprint density at radius 3 is 2.92 bits per heavy atom. The molecule has 24 heavy (non-hydrogen) atoms. The normalized spacial score (nSPS) is 24.7. The van der Waals surface area contributed by atoms with Gasteiger partial charge in [0, 0.05) is 18.5 Å². The monoisotopic (exact) mass is 395 g/mol. The second kappa shape index (κ2) is 7.44. The Morgan fingerprint density at radius 2 is 2.21 bits per heavy atom. The van der Waals surface area contributed by atoms with E-state index in [1.54, 1.807) is 18.1 Å². The van der Waals surface area contributed by atoms with Gasteiger partial charge in [-0.15, -0.1) is 0 Å². The Labute approximate surface area is 151 Å². The maximum Gasteiger partial charge on any atom is 0.227 e. The van der Waals surface area contributed by atoms with E-state index in [-0.39, 0.29) is 17.8 Å². The van der Waals surface area contributed by atoms with Gasteiger partial charge in [0.25, 0.3) is 0 Å². The highest BCUT2D eigenvalue weighted by Crippen LogP contribution is 2.40. The van der Waals surface area contributed by atoms with E-state index in [1.807, 2.05) is 0 Å². The number of benzene rings is 1. The number of nitrogens with zero attached hydrogens (tertiary/aromatic N) is 2. The molecule has 2 saturated heterocycles. The van der Waals surface area contributed by atoms with Crippen molar-refractivity contribution in [1.29, 1.82) is 0 Å². The molecule has 2 aliphatic heterocycles. The number of halogens is 2. The summed E-state index contributed by atoms with van der Waals surface area (Å²) in [5.41, 5.74) is 0.547. The van der Waals surface area contributed by atoms with Crippen molar-refractivity contribution in [2.75, 3.05) is 25.1 Å². The first kappa shape index (κ1) is 17.7. The number of piperidine rings is 2. The van der Waals surface area contributed by atoms with E-state index in [0.29, 0.717) is 28.2 Å². The predicted molar refractivity (Wildman–Crippen MR) is 97.1 cm³/mol. The lowest BCUT2D eigenvalue weighted by Crippen LogP contribution is -2.56. The summed E-state index contributed by atoms with van der Waals surface area (Å²) < 4.78 is 19.9. The smallest absolute Gasteiger partial charge is 0.227 e. The van der Waals surface area contributed by atoms with Crippen molar-refractivity contribution in [2.24, 2.45) is 5.92 Å². The highest BCUT2D eigenvalue weighted by molar-refractivity contribution is 9.10. The number of rotatable bonds is 4. The van der Waals surface area contributed by atoms with Crippen LogP contribution in [0.1, 0.15) is 26.2 Å². The Balaban J connectivity index is 1.92. The highest BCUT2D eigenvalue weighted by Gasteiger charge is 2.40. The largest absolute Gasteiger partial charge is 0.495 e. The molecule has 0 aliphatic carbocycles. The molecule has 1 aromatic rings. The second-order valence-electron chi connectivity index (χ2n) is 6.44. The van der Waals surface area contributed by atoms with Crippen LogP contribution in [0.2, 0.25) is 6.32 Å². The van der Waals surface area contributed by atoms with Gasteiger partial charge < -0.3 is 14.4 Å². The Bertz CT molecular complexity index is 631. The topological polar surface area (TPSA) is 32.8 Å². The quantitative estimate of drug-likeness (QED) is 0.731. The van der Waals surface area contributed by atoms with E-state index in [4.69, 9.17) is 4.74 Å². The van der Waals surface area contributed by atoms with Crippen LogP contribution in [0.5, 0.6) is 5.75 Å². The number of carbonyl (C=O) groups is 1. The molecular formula is C17H22BBrFN2O2. The number of amides is 1. The molecule has 2 heterocycles. The maximum atomic E-state index is 14.1. The van der Waals surface area contributed by atoms with Crippen molar-refractivity contribution in [3.05, 3.63) is 22.4 Å². The van der Waals surface area contributed by atoms with Gasteiger partial charge in [-0.25, -0.2) is 4.39 Å². The summed E-state index contributed by atoms with van der Waals surface area (Å²) >= 11 is 3.18. The van der Waals surface area contributed by atoms with Crippen LogP contribution < -0.4 is 9.64 Å². The van der Waals surface area contributed by atoms with Gasteiger partial charge in [0.05, 0.1) is 17.3 Å². The lowest BCUT2D eigenvalue weighted by molar-refractivity contribution is -0.121. The third kappa shape index (κ3) is 3.33. The molecule has 2 atom stereocenters. The van der Waals surface area contributed by atoms with Gasteiger partial charge in [-0.1, -0.05) is 13.2 Å². The fraction of sp³-hybridized carbons (Fsp3) is 0.588. The molecule has 7 heteroatoms. The maximum absolute atomic E-state index is 14.1. The first-order chi connectivity index (χ1) is 11.5. The molecule has 129 valence electrons. The number of methoxy groups -OCH3 is 1. The van der Waals surface area contributed by atoms with Gasteiger partial charge in [-0.3, -0.25) is 4.79 Å². The average Bonchev–Trinajstić information content (AvgIpc) is 2.57. The summed E-state index contributed by atoms with van der Waals surface area (Å²) in [7, 11) is 3.78. The molecule has 2 aliphatic rings. The highest BCUT2D eigenvalue weighted by atomic mass is 79.9. The summed E-state index contributed by atoms with van der Waals surface area (Å²) in [6.45, 7) is 4.03. The average molecular weight is 396 g/mol. The van der Waals surface area contributed by atoms with Crippen LogP contribution in [-0.2, 0) is 4.79 Å². The van der Waals surface area contributed by atoms with Gasteiger partial charge >= 0.3 is 0 Å².